The highest BCUT2D eigenvalue weighted by Gasteiger charge is 2.17. The number of carbonyl (C=O) groups is 1. The zero-order valence-corrected chi connectivity index (χ0v) is 10.4. The van der Waals surface area contributed by atoms with Crippen molar-refractivity contribution in [3.8, 4) is 5.75 Å². The van der Waals surface area contributed by atoms with Gasteiger partial charge in [-0.1, -0.05) is 13.8 Å². The van der Waals surface area contributed by atoms with Gasteiger partial charge in [-0.3, -0.25) is 4.79 Å². The van der Waals surface area contributed by atoms with Crippen molar-refractivity contribution in [1.82, 2.24) is 0 Å². The second kappa shape index (κ2) is 5.54. The second-order valence-electron chi connectivity index (χ2n) is 4.22. The van der Waals surface area contributed by atoms with Gasteiger partial charge < -0.3 is 21.5 Å². The van der Waals surface area contributed by atoms with Gasteiger partial charge in [-0.05, 0) is 24.1 Å². The van der Waals surface area contributed by atoms with E-state index in [2.05, 4.69) is 5.32 Å². The Labute approximate surface area is 101 Å². The minimum absolute atomic E-state index is 0.0885. The number of amides is 1. The average Bonchev–Trinajstić information content (AvgIpc) is 2.28. The van der Waals surface area contributed by atoms with Crippen molar-refractivity contribution in [2.24, 2.45) is 11.7 Å². The fourth-order valence-corrected chi connectivity index (χ4v) is 1.34. The summed E-state index contributed by atoms with van der Waals surface area (Å²) in [7, 11) is 1.54. The highest BCUT2D eigenvalue weighted by molar-refractivity contribution is 5.95. The van der Waals surface area contributed by atoms with Gasteiger partial charge in [0.15, 0.2) is 0 Å². The molecule has 0 saturated heterocycles. The number of hydrogen-bond acceptors (Lipinski definition) is 4. The minimum atomic E-state index is -0.529. The lowest BCUT2D eigenvalue weighted by Gasteiger charge is -2.15. The molecule has 0 heterocycles. The maximum atomic E-state index is 11.7. The number of hydrogen-bond donors (Lipinski definition) is 3. The average molecular weight is 237 g/mol. The second-order valence-corrected chi connectivity index (χ2v) is 4.22. The van der Waals surface area contributed by atoms with E-state index in [-0.39, 0.29) is 11.8 Å². The van der Waals surface area contributed by atoms with Gasteiger partial charge in [0.1, 0.15) is 5.75 Å². The van der Waals surface area contributed by atoms with E-state index in [1.165, 1.54) is 0 Å². The molecule has 94 valence electrons. The molecule has 0 aliphatic carbocycles. The number of ether oxygens (including phenoxy) is 1. The van der Waals surface area contributed by atoms with E-state index in [9.17, 15) is 4.79 Å². The first-order chi connectivity index (χ1) is 7.95. The van der Waals surface area contributed by atoms with E-state index in [1.807, 2.05) is 13.8 Å². The van der Waals surface area contributed by atoms with Crippen molar-refractivity contribution in [2.45, 2.75) is 19.9 Å². The lowest BCUT2D eigenvalue weighted by Crippen LogP contribution is -2.39. The van der Waals surface area contributed by atoms with Crippen LogP contribution < -0.4 is 21.5 Å². The molecule has 5 heteroatoms. The first-order valence-corrected chi connectivity index (χ1v) is 5.45. The molecule has 0 unspecified atom stereocenters. The molecule has 5 N–H and O–H groups in total. The maximum Gasteiger partial charge on any atom is 0.241 e. The maximum absolute atomic E-state index is 11.7. The van der Waals surface area contributed by atoms with Crippen LogP contribution in [0, 0.1) is 5.92 Å². The van der Waals surface area contributed by atoms with Crippen LogP contribution in [-0.4, -0.2) is 19.1 Å². The van der Waals surface area contributed by atoms with Crippen LogP contribution in [0.4, 0.5) is 11.4 Å². The Kier molecular flexibility index (Phi) is 4.34. The standard InChI is InChI=1S/C12H19N3O2/c1-7(2)11(14)12(16)15-8-4-5-10(17-3)9(13)6-8/h4-7,11H,13-14H2,1-3H3,(H,15,16)/t11-/m0/s1. The smallest absolute Gasteiger partial charge is 0.241 e. The first kappa shape index (κ1) is 13.3. The van der Waals surface area contributed by atoms with E-state index in [0.29, 0.717) is 17.1 Å². The lowest BCUT2D eigenvalue weighted by atomic mass is 10.0. The lowest BCUT2D eigenvalue weighted by molar-refractivity contribution is -0.118. The number of nitrogens with two attached hydrogens (primary N) is 2. The van der Waals surface area contributed by atoms with Gasteiger partial charge in [0, 0.05) is 5.69 Å². The summed E-state index contributed by atoms with van der Waals surface area (Å²) in [4.78, 5) is 11.7. The van der Waals surface area contributed by atoms with Gasteiger partial charge in [-0.25, -0.2) is 0 Å². The first-order valence-electron chi connectivity index (χ1n) is 5.45. The van der Waals surface area contributed by atoms with E-state index in [0.717, 1.165) is 0 Å². The predicted molar refractivity (Wildman–Crippen MR) is 68.8 cm³/mol. The molecule has 5 nitrogen and oxygen atoms in total. The van der Waals surface area contributed by atoms with Gasteiger partial charge in [0.25, 0.3) is 0 Å². The number of carbonyl (C=O) groups excluding carboxylic acids is 1. The highest BCUT2D eigenvalue weighted by Crippen LogP contribution is 2.24. The molecule has 1 aromatic rings. The van der Waals surface area contributed by atoms with Crippen LogP contribution in [0.2, 0.25) is 0 Å². The molecular weight excluding hydrogens is 218 g/mol. The summed E-state index contributed by atoms with van der Waals surface area (Å²) in [5.74, 6) is 0.450. The van der Waals surface area contributed by atoms with Gasteiger partial charge >= 0.3 is 0 Å². The van der Waals surface area contributed by atoms with Crippen LogP contribution in [0.3, 0.4) is 0 Å². The number of nitrogen functional groups attached to an aromatic ring is 1. The van der Waals surface area contributed by atoms with Crippen molar-refractivity contribution >= 4 is 17.3 Å². The fraction of sp³-hybridized carbons (Fsp3) is 0.417. The van der Waals surface area contributed by atoms with Crippen LogP contribution in [0.5, 0.6) is 5.75 Å². The van der Waals surface area contributed by atoms with E-state index in [1.54, 1.807) is 25.3 Å². The molecule has 1 aromatic carbocycles. The molecule has 0 radical (unpaired) electrons. The topological polar surface area (TPSA) is 90.4 Å². The minimum Gasteiger partial charge on any atom is -0.495 e. The molecule has 0 bridgehead atoms. The van der Waals surface area contributed by atoms with Crippen molar-refractivity contribution in [2.75, 3.05) is 18.2 Å². The van der Waals surface area contributed by atoms with Crippen molar-refractivity contribution < 1.29 is 9.53 Å². The van der Waals surface area contributed by atoms with Gasteiger partial charge in [0.05, 0.1) is 18.8 Å². The molecule has 17 heavy (non-hydrogen) atoms. The molecule has 0 aromatic heterocycles. The van der Waals surface area contributed by atoms with E-state index in [4.69, 9.17) is 16.2 Å². The third-order valence-corrected chi connectivity index (χ3v) is 2.52. The molecule has 1 atom stereocenters. The summed E-state index contributed by atoms with van der Waals surface area (Å²) in [6.07, 6.45) is 0. The van der Waals surface area contributed by atoms with Crippen LogP contribution in [0.1, 0.15) is 13.8 Å². The van der Waals surface area contributed by atoms with Crippen LogP contribution >= 0.6 is 0 Å². The van der Waals surface area contributed by atoms with Crippen LogP contribution in [0.15, 0.2) is 18.2 Å². The molecule has 0 saturated carbocycles. The van der Waals surface area contributed by atoms with E-state index >= 15 is 0 Å². The normalized spacial score (nSPS) is 12.3. The van der Waals surface area contributed by atoms with Crippen LogP contribution in [0.25, 0.3) is 0 Å². The number of rotatable bonds is 4. The number of methoxy groups -OCH3 is 1. The molecule has 1 rings (SSSR count). The summed E-state index contributed by atoms with van der Waals surface area (Å²) in [6.45, 7) is 3.79. The Bertz CT molecular complexity index is 405. The van der Waals surface area contributed by atoms with Gasteiger partial charge in [-0.2, -0.15) is 0 Å². The van der Waals surface area contributed by atoms with Crippen molar-refractivity contribution in [1.29, 1.82) is 0 Å². The molecule has 0 aliphatic rings. The SMILES string of the molecule is COc1ccc(NC(=O)[C@@H](N)C(C)C)cc1N. The van der Waals surface area contributed by atoms with Gasteiger partial charge in [0.2, 0.25) is 5.91 Å². The zero-order chi connectivity index (χ0) is 13.0. The molecule has 0 spiro atoms. The summed E-state index contributed by atoms with van der Waals surface area (Å²) in [5, 5.41) is 2.72. The number of anilines is 2. The monoisotopic (exact) mass is 237 g/mol. The number of nitrogens with one attached hydrogen (secondary N) is 1. The molecule has 1 amide bonds. The summed E-state index contributed by atoms with van der Waals surface area (Å²) in [6, 6.07) is 4.54. The van der Waals surface area contributed by atoms with E-state index < -0.39 is 6.04 Å². The molecule has 0 aliphatic heterocycles. The number of benzene rings is 1. The van der Waals surface area contributed by atoms with Crippen molar-refractivity contribution in [3.05, 3.63) is 18.2 Å². The Morgan fingerprint density at radius 1 is 1.41 bits per heavy atom. The fourth-order valence-electron chi connectivity index (χ4n) is 1.34. The molecular formula is C12H19N3O2. The third kappa shape index (κ3) is 3.35. The Morgan fingerprint density at radius 2 is 2.06 bits per heavy atom. The predicted octanol–water partition coefficient (Wildman–Crippen LogP) is 1.20. The quantitative estimate of drug-likeness (QED) is 0.686. The van der Waals surface area contributed by atoms with Crippen LogP contribution in [-0.2, 0) is 4.79 Å². The Hall–Kier alpha value is -1.75. The Balaban J connectivity index is 2.76. The Morgan fingerprint density at radius 3 is 2.53 bits per heavy atom. The highest BCUT2D eigenvalue weighted by atomic mass is 16.5. The largest absolute Gasteiger partial charge is 0.495 e. The summed E-state index contributed by atoms with van der Waals surface area (Å²) < 4.78 is 5.03. The van der Waals surface area contributed by atoms with Crippen molar-refractivity contribution in [3.63, 3.8) is 0 Å². The molecule has 0 fully saturated rings. The van der Waals surface area contributed by atoms with Gasteiger partial charge in [-0.15, -0.1) is 0 Å². The summed E-state index contributed by atoms with van der Waals surface area (Å²) >= 11 is 0. The third-order valence-electron chi connectivity index (χ3n) is 2.52. The summed E-state index contributed by atoms with van der Waals surface area (Å²) in [5.41, 5.74) is 12.6. The zero-order valence-electron chi connectivity index (χ0n) is 10.4.